The Labute approximate surface area is 145 Å². The number of aliphatic imine (C=N–C) groups is 1. The smallest absolute Gasteiger partial charge is 0.168 e. The van der Waals surface area contributed by atoms with Crippen molar-refractivity contribution in [2.45, 2.75) is 51.4 Å². The molecule has 1 spiro atoms. The standard InChI is InChI=1S/C18H30N4O2/c1-14(2)22-12-19-17-16(22)11-21(13-20(17)3)10-15-4-6-18(7-5-15)23-8-9-24-18/h11,14-15H,4-10,12-13H2,1-3H3. The molecular weight excluding hydrogens is 304 g/mol. The van der Waals surface area contributed by atoms with Crippen LogP contribution in [0.25, 0.3) is 0 Å². The van der Waals surface area contributed by atoms with Crippen molar-refractivity contribution in [3.05, 3.63) is 11.9 Å². The van der Waals surface area contributed by atoms with Crippen LogP contribution < -0.4 is 0 Å². The van der Waals surface area contributed by atoms with Gasteiger partial charge in [-0.1, -0.05) is 0 Å². The molecule has 1 aliphatic carbocycles. The maximum atomic E-state index is 5.86. The second kappa shape index (κ2) is 6.23. The minimum Gasteiger partial charge on any atom is -0.358 e. The molecule has 0 aromatic rings. The second-order valence-electron chi connectivity index (χ2n) is 7.86. The number of fused-ring (bicyclic) bond motifs is 1. The highest BCUT2D eigenvalue weighted by Gasteiger charge is 2.41. The molecule has 0 bridgehead atoms. The van der Waals surface area contributed by atoms with Gasteiger partial charge in [0.2, 0.25) is 0 Å². The van der Waals surface area contributed by atoms with E-state index in [1.54, 1.807) is 0 Å². The number of rotatable bonds is 3. The molecule has 4 rings (SSSR count). The van der Waals surface area contributed by atoms with E-state index in [-0.39, 0.29) is 5.79 Å². The van der Waals surface area contributed by atoms with E-state index < -0.39 is 0 Å². The monoisotopic (exact) mass is 334 g/mol. The van der Waals surface area contributed by atoms with Crippen molar-refractivity contribution in [2.24, 2.45) is 10.9 Å². The second-order valence-corrected chi connectivity index (χ2v) is 7.86. The van der Waals surface area contributed by atoms with E-state index >= 15 is 0 Å². The molecular formula is C18H30N4O2. The fourth-order valence-corrected chi connectivity index (χ4v) is 4.40. The first kappa shape index (κ1) is 16.2. The van der Waals surface area contributed by atoms with Gasteiger partial charge in [0.05, 0.1) is 25.6 Å². The lowest BCUT2D eigenvalue weighted by Crippen LogP contribution is -2.46. The SMILES string of the molecule is CC(C)N1CN=C2C1=CN(CC1CCC3(CC1)OCCO3)CN2C. The van der Waals surface area contributed by atoms with E-state index in [0.29, 0.717) is 6.04 Å². The molecule has 6 heteroatoms. The average Bonchev–Trinajstić information content (AvgIpc) is 3.17. The third-order valence-corrected chi connectivity index (χ3v) is 5.77. The summed E-state index contributed by atoms with van der Waals surface area (Å²) >= 11 is 0. The Bertz CT molecular complexity index is 529. The Hall–Kier alpha value is -1.27. The molecule has 3 heterocycles. The van der Waals surface area contributed by atoms with Gasteiger partial charge in [-0.05, 0) is 32.6 Å². The zero-order valence-electron chi connectivity index (χ0n) is 15.2. The van der Waals surface area contributed by atoms with Gasteiger partial charge < -0.3 is 24.2 Å². The van der Waals surface area contributed by atoms with Crippen LogP contribution >= 0.6 is 0 Å². The Kier molecular flexibility index (Phi) is 4.21. The van der Waals surface area contributed by atoms with Crippen molar-refractivity contribution in [1.29, 1.82) is 0 Å². The Morgan fingerprint density at radius 3 is 2.62 bits per heavy atom. The van der Waals surface area contributed by atoms with Gasteiger partial charge in [0, 0.05) is 38.7 Å². The molecule has 0 amide bonds. The van der Waals surface area contributed by atoms with E-state index in [9.17, 15) is 0 Å². The number of nitrogens with zero attached hydrogens (tertiary/aromatic N) is 4. The van der Waals surface area contributed by atoms with Gasteiger partial charge in [-0.2, -0.15) is 0 Å². The molecule has 1 saturated heterocycles. The van der Waals surface area contributed by atoms with Crippen LogP contribution in [0.15, 0.2) is 16.9 Å². The van der Waals surface area contributed by atoms with Gasteiger partial charge in [-0.25, -0.2) is 4.99 Å². The van der Waals surface area contributed by atoms with Gasteiger partial charge in [-0.3, -0.25) is 0 Å². The molecule has 0 atom stereocenters. The first-order chi connectivity index (χ1) is 11.6. The fraction of sp³-hybridized carbons (Fsp3) is 0.833. The number of hydrogen-bond donors (Lipinski definition) is 0. The Morgan fingerprint density at radius 1 is 1.25 bits per heavy atom. The number of amidine groups is 1. The maximum absolute atomic E-state index is 5.86. The third-order valence-electron chi connectivity index (χ3n) is 5.77. The fourth-order valence-electron chi connectivity index (χ4n) is 4.40. The van der Waals surface area contributed by atoms with Gasteiger partial charge in [0.25, 0.3) is 0 Å². The predicted octanol–water partition coefficient (Wildman–Crippen LogP) is 2.05. The summed E-state index contributed by atoms with van der Waals surface area (Å²) in [6.45, 7) is 8.84. The summed E-state index contributed by atoms with van der Waals surface area (Å²) in [5, 5.41) is 0. The summed E-state index contributed by atoms with van der Waals surface area (Å²) in [7, 11) is 2.15. The number of likely N-dealkylation sites (N-methyl/N-ethyl adjacent to an activating group) is 1. The molecule has 2 fully saturated rings. The summed E-state index contributed by atoms with van der Waals surface area (Å²) in [6.07, 6.45) is 6.81. The number of ether oxygens (including phenoxy) is 2. The third kappa shape index (κ3) is 2.90. The predicted molar refractivity (Wildman–Crippen MR) is 93.3 cm³/mol. The normalized spacial score (nSPS) is 27.1. The van der Waals surface area contributed by atoms with Crippen molar-refractivity contribution in [3.63, 3.8) is 0 Å². The van der Waals surface area contributed by atoms with Crippen LogP contribution in [0.2, 0.25) is 0 Å². The van der Waals surface area contributed by atoms with Crippen molar-refractivity contribution in [1.82, 2.24) is 14.7 Å². The summed E-state index contributed by atoms with van der Waals surface area (Å²) in [6, 6.07) is 0.483. The summed E-state index contributed by atoms with van der Waals surface area (Å²) in [5.74, 6) is 1.63. The van der Waals surface area contributed by atoms with Crippen molar-refractivity contribution >= 4 is 5.84 Å². The highest BCUT2D eigenvalue weighted by molar-refractivity contribution is 5.99. The Balaban J connectivity index is 1.39. The van der Waals surface area contributed by atoms with E-state index in [1.165, 1.54) is 18.5 Å². The van der Waals surface area contributed by atoms with Gasteiger partial charge in [0.1, 0.15) is 6.67 Å². The van der Waals surface area contributed by atoms with Crippen LogP contribution in [0.4, 0.5) is 0 Å². The first-order valence-electron chi connectivity index (χ1n) is 9.33. The molecule has 134 valence electrons. The van der Waals surface area contributed by atoms with Crippen molar-refractivity contribution < 1.29 is 9.47 Å². The molecule has 4 aliphatic rings. The lowest BCUT2D eigenvalue weighted by atomic mass is 9.85. The van der Waals surface area contributed by atoms with Crippen molar-refractivity contribution in [3.8, 4) is 0 Å². The lowest BCUT2D eigenvalue weighted by Gasteiger charge is -2.40. The van der Waals surface area contributed by atoms with Crippen LogP contribution in [0, 0.1) is 5.92 Å². The average molecular weight is 334 g/mol. The number of hydrogen-bond acceptors (Lipinski definition) is 6. The molecule has 6 nitrogen and oxygen atoms in total. The molecule has 24 heavy (non-hydrogen) atoms. The molecule has 0 radical (unpaired) electrons. The van der Waals surface area contributed by atoms with Crippen LogP contribution in [-0.2, 0) is 9.47 Å². The topological polar surface area (TPSA) is 40.5 Å². The van der Waals surface area contributed by atoms with Gasteiger partial charge in [0.15, 0.2) is 11.6 Å². The summed E-state index contributed by atoms with van der Waals surface area (Å²) < 4.78 is 11.7. The zero-order chi connectivity index (χ0) is 16.7. The van der Waals surface area contributed by atoms with E-state index in [1.807, 2.05) is 0 Å². The van der Waals surface area contributed by atoms with Crippen LogP contribution in [0.1, 0.15) is 39.5 Å². The Morgan fingerprint density at radius 2 is 1.96 bits per heavy atom. The molecule has 0 N–H and O–H groups in total. The first-order valence-corrected chi connectivity index (χ1v) is 9.33. The summed E-state index contributed by atoms with van der Waals surface area (Å²) in [4.78, 5) is 11.8. The minimum absolute atomic E-state index is 0.243. The highest BCUT2D eigenvalue weighted by Crippen LogP contribution is 2.38. The van der Waals surface area contributed by atoms with Crippen molar-refractivity contribution in [2.75, 3.05) is 40.1 Å². The van der Waals surface area contributed by atoms with Crippen LogP contribution in [-0.4, -0.2) is 72.5 Å². The minimum atomic E-state index is -0.243. The van der Waals surface area contributed by atoms with E-state index in [4.69, 9.17) is 14.5 Å². The quantitative estimate of drug-likeness (QED) is 0.790. The molecule has 0 unspecified atom stereocenters. The van der Waals surface area contributed by atoms with Gasteiger partial charge >= 0.3 is 0 Å². The van der Waals surface area contributed by atoms with Crippen LogP contribution in [0.3, 0.4) is 0 Å². The largest absolute Gasteiger partial charge is 0.358 e. The van der Waals surface area contributed by atoms with E-state index in [0.717, 1.165) is 57.7 Å². The maximum Gasteiger partial charge on any atom is 0.168 e. The lowest BCUT2D eigenvalue weighted by molar-refractivity contribution is -0.183. The molecule has 0 aromatic heterocycles. The zero-order valence-corrected chi connectivity index (χ0v) is 15.2. The van der Waals surface area contributed by atoms with E-state index in [2.05, 4.69) is 41.8 Å². The molecule has 0 aromatic carbocycles. The highest BCUT2D eigenvalue weighted by atomic mass is 16.7. The molecule has 1 saturated carbocycles. The summed E-state index contributed by atoms with van der Waals surface area (Å²) in [5.41, 5.74) is 1.29. The molecule has 3 aliphatic heterocycles. The van der Waals surface area contributed by atoms with Gasteiger partial charge in [-0.15, -0.1) is 0 Å². The van der Waals surface area contributed by atoms with Crippen LogP contribution in [0.5, 0.6) is 0 Å².